The van der Waals surface area contributed by atoms with Gasteiger partial charge in [-0.15, -0.1) is 0 Å². The first kappa shape index (κ1) is 27.6. The maximum atomic E-state index is 6.29. The summed E-state index contributed by atoms with van der Waals surface area (Å²) in [5.74, 6) is 0. The zero-order chi connectivity index (χ0) is 23.5. The molecule has 0 amide bonds. The molecular formula is C26H46O2Se2Si. The van der Waals surface area contributed by atoms with Crippen molar-refractivity contribution < 1.29 is 9.16 Å². The number of hydrogen-bond acceptors (Lipinski definition) is 2. The van der Waals surface area contributed by atoms with E-state index in [9.17, 15) is 0 Å². The van der Waals surface area contributed by atoms with Crippen molar-refractivity contribution in [2.45, 2.75) is 116 Å². The van der Waals surface area contributed by atoms with Gasteiger partial charge < -0.3 is 0 Å². The van der Waals surface area contributed by atoms with Gasteiger partial charge in [-0.3, -0.25) is 0 Å². The third-order valence-corrected chi connectivity index (χ3v) is 15.5. The topological polar surface area (TPSA) is 18.5 Å². The van der Waals surface area contributed by atoms with Gasteiger partial charge in [-0.25, -0.2) is 0 Å². The Bertz CT molecular complexity index is 736. The Balaban J connectivity index is 1.85. The van der Waals surface area contributed by atoms with E-state index in [2.05, 4.69) is 87.9 Å². The standard InChI is InChI=1S/C26H46O2Se2Si/c1-24(2,3)31(8,9)28-16-12-10-11-15-27-19-20-17-21-22(18-23(20)30-29)26(6,7)14-13-25(21,4)5/h17-18,29H,10-16,19H2,1-9H3. The van der Waals surface area contributed by atoms with Gasteiger partial charge in [0.2, 0.25) is 0 Å². The molecule has 5 heteroatoms. The van der Waals surface area contributed by atoms with Crippen LogP contribution in [0.25, 0.3) is 0 Å². The van der Waals surface area contributed by atoms with Gasteiger partial charge in [-0.1, -0.05) is 20.8 Å². The van der Waals surface area contributed by atoms with E-state index in [0.29, 0.717) is 18.2 Å². The molecule has 1 aromatic rings. The number of benzene rings is 1. The minimum atomic E-state index is -1.60. The van der Waals surface area contributed by atoms with E-state index in [4.69, 9.17) is 9.16 Å². The van der Waals surface area contributed by atoms with Crippen molar-refractivity contribution in [3.8, 4) is 0 Å². The van der Waals surface area contributed by atoms with Crippen LogP contribution in [-0.4, -0.2) is 48.8 Å². The average Bonchev–Trinajstić information content (AvgIpc) is 2.66. The van der Waals surface area contributed by atoms with Crippen molar-refractivity contribution in [3.63, 3.8) is 0 Å². The number of unbranched alkanes of at least 4 members (excludes halogenated alkanes) is 2. The van der Waals surface area contributed by atoms with Gasteiger partial charge in [-0.2, -0.15) is 0 Å². The van der Waals surface area contributed by atoms with Crippen LogP contribution >= 0.6 is 0 Å². The van der Waals surface area contributed by atoms with Gasteiger partial charge >= 0.3 is 187 Å². The SMILES string of the molecule is CC1(C)CCC(C)(C)c2cc([Se][SeH])c(COCCCCCO[Si](C)(C)C(C)(C)C)cc21. The van der Waals surface area contributed by atoms with Gasteiger partial charge in [0, 0.05) is 0 Å². The molecule has 0 fully saturated rings. The Hall–Kier alpha value is 0.396. The van der Waals surface area contributed by atoms with E-state index in [-0.39, 0.29) is 10.8 Å². The van der Waals surface area contributed by atoms with E-state index >= 15 is 0 Å². The van der Waals surface area contributed by atoms with Crippen molar-refractivity contribution in [1.82, 2.24) is 0 Å². The molecule has 1 aliphatic rings. The molecule has 0 heterocycles. The molecule has 0 N–H and O–H groups in total. The minimum absolute atomic E-state index is 0.262. The van der Waals surface area contributed by atoms with E-state index in [1.54, 1.807) is 11.1 Å². The summed E-state index contributed by atoms with van der Waals surface area (Å²) in [5.41, 5.74) is 5.07. The van der Waals surface area contributed by atoms with Crippen LogP contribution in [-0.2, 0) is 26.6 Å². The van der Waals surface area contributed by atoms with Gasteiger partial charge in [0.25, 0.3) is 0 Å². The first-order chi connectivity index (χ1) is 14.2. The summed E-state index contributed by atoms with van der Waals surface area (Å²) in [4.78, 5) is 0. The average molecular weight is 577 g/mol. The molecule has 2 rings (SSSR count). The Morgan fingerprint density at radius 3 is 2.03 bits per heavy atom. The fourth-order valence-corrected chi connectivity index (χ4v) is 7.84. The summed E-state index contributed by atoms with van der Waals surface area (Å²) in [6.45, 7) is 23.7. The summed E-state index contributed by atoms with van der Waals surface area (Å²) in [6, 6.07) is 4.99. The number of fused-ring (bicyclic) bond motifs is 1. The molecule has 0 aliphatic heterocycles. The van der Waals surface area contributed by atoms with Crippen LogP contribution in [0.5, 0.6) is 0 Å². The molecule has 178 valence electrons. The molecule has 0 unspecified atom stereocenters. The Morgan fingerprint density at radius 2 is 1.48 bits per heavy atom. The summed E-state index contributed by atoms with van der Waals surface area (Å²) < 4.78 is 13.9. The maximum absolute atomic E-state index is 6.29. The molecule has 0 aromatic heterocycles. The van der Waals surface area contributed by atoms with Crippen molar-refractivity contribution in [2.75, 3.05) is 13.2 Å². The van der Waals surface area contributed by atoms with Crippen LogP contribution in [0, 0.1) is 0 Å². The molecule has 0 atom stereocenters. The van der Waals surface area contributed by atoms with E-state index < -0.39 is 8.32 Å². The zero-order valence-electron chi connectivity index (χ0n) is 21.5. The Morgan fingerprint density at radius 1 is 0.935 bits per heavy atom. The van der Waals surface area contributed by atoms with Gasteiger partial charge in [0.15, 0.2) is 0 Å². The van der Waals surface area contributed by atoms with Crippen molar-refractivity contribution in [3.05, 3.63) is 28.8 Å². The molecule has 1 aliphatic carbocycles. The molecule has 0 saturated heterocycles. The second-order valence-corrected chi connectivity index (χ2v) is 20.2. The summed E-state index contributed by atoms with van der Waals surface area (Å²) in [7, 11) is -1.60. The van der Waals surface area contributed by atoms with Gasteiger partial charge in [-0.05, 0) is 0 Å². The first-order valence-corrected chi connectivity index (χ1v) is 20.4. The quantitative estimate of drug-likeness (QED) is 0.256. The third kappa shape index (κ3) is 7.19. The van der Waals surface area contributed by atoms with Gasteiger partial charge in [0.1, 0.15) is 0 Å². The van der Waals surface area contributed by atoms with E-state index in [1.165, 1.54) is 29.3 Å². The van der Waals surface area contributed by atoms with Gasteiger partial charge in [0.05, 0.1) is 0 Å². The zero-order valence-corrected chi connectivity index (χ0v) is 26.1. The second kappa shape index (κ2) is 10.8. The predicted octanol–water partition coefficient (Wildman–Crippen LogP) is 5.89. The monoisotopic (exact) mass is 578 g/mol. The number of hydrogen-bond donors (Lipinski definition) is 0. The second-order valence-electron chi connectivity index (χ2n) is 12.1. The molecule has 0 spiro atoms. The van der Waals surface area contributed by atoms with Crippen molar-refractivity contribution in [2.24, 2.45) is 0 Å². The number of ether oxygens (including phenoxy) is 1. The predicted molar refractivity (Wildman–Crippen MR) is 141 cm³/mol. The van der Waals surface area contributed by atoms with Crippen LogP contribution in [0.15, 0.2) is 12.1 Å². The summed E-state index contributed by atoms with van der Waals surface area (Å²) in [6.07, 6.45) is 5.97. The molecule has 0 saturated carbocycles. The molecule has 2 nitrogen and oxygen atoms in total. The Labute approximate surface area is 206 Å². The van der Waals surface area contributed by atoms with Crippen LogP contribution in [0.3, 0.4) is 0 Å². The molecular weight excluding hydrogens is 530 g/mol. The molecule has 31 heavy (non-hydrogen) atoms. The van der Waals surface area contributed by atoms with Crippen LogP contribution in [0.1, 0.15) is 97.3 Å². The van der Waals surface area contributed by atoms with E-state index in [1.807, 2.05) is 0 Å². The molecule has 1 aromatic carbocycles. The molecule has 0 radical (unpaired) electrons. The Kier molecular flexibility index (Phi) is 9.60. The number of rotatable bonds is 10. The van der Waals surface area contributed by atoms with Crippen LogP contribution < -0.4 is 4.46 Å². The fourth-order valence-electron chi connectivity index (χ4n) is 4.05. The summed E-state index contributed by atoms with van der Waals surface area (Å²) >= 11 is 3.25. The van der Waals surface area contributed by atoms with Crippen molar-refractivity contribution in [1.29, 1.82) is 0 Å². The normalized spacial score (nSPS) is 18.1. The summed E-state index contributed by atoms with van der Waals surface area (Å²) in [5, 5.41) is 0.298. The van der Waals surface area contributed by atoms with Crippen LogP contribution in [0.4, 0.5) is 0 Å². The fraction of sp³-hybridized carbons (Fsp3) is 0.769. The molecule has 0 bridgehead atoms. The van der Waals surface area contributed by atoms with Crippen molar-refractivity contribution >= 4 is 40.1 Å². The van der Waals surface area contributed by atoms with Crippen LogP contribution in [0.2, 0.25) is 18.1 Å². The van der Waals surface area contributed by atoms with E-state index in [0.717, 1.165) is 32.7 Å². The third-order valence-electron chi connectivity index (χ3n) is 7.59. The first-order valence-electron chi connectivity index (χ1n) is 11.9.